The minimum absolute atomic E-state index is 0.00641. The van der Waals surface area contributed by atoms with Gasteiger partial charge in [-0.1, -0.05) is 266 Å². The Labute approximate surface area is 752 Å². The summed E-state index contributed by atoms with van der Waals surface area (Å²) >= 11 is 0. The average Bonchev–Trinajstić information content (AvgIpc) is 1.49. The van der Waals surface area contributed by atoms with Crippen molar-refractivity contribution in [3.05, 3.63) is 356 Å². The molecule has 0 radical (unpaired) electrons. The standard InChI is InChI=1S/C101H103N5O24/c1-62-63(2)94(109)105(93(62)108)80-86(117-55-71-41-23-10-24-42-71)83(77(122-92(80)103-104-102)59-114-52-68-35-17-7-18-36-68)128-99-81(106-95(110)64(3)65(4)96(106)111)87(118-56-72-43-25-11-26-44-72)84(78(123-99)60-115-53-69-37-19-8-20-38-69)129-101-91(126-97(112)74-47-29-13-30-48-74)89(85-79(125-101)61-120-98(127-85)75-49-31-14-32-50-75)130-100-90(121-66(5)107)88(119-57-73-45-27-12-28-46-73)82(116-54-70-39-21-9-22-40-70)76(124-100)58-113-51-67-33-15-6-16-34-67/h6-50,76-92,98-101H,51-61H2,1-5H3/t76-,77-,78-,79-,80-,81-,82-,83-,84-,85-,86-,87-,88+,89+,90+,91+,92-,98-,99+,100-,101+/m1/s1. The molecule has 7 aliphatic rings. The zero-order valence-electron chi connectivity index (χ0n) is 72.4. The molecule has 7 aliphatic heterocycles. The van der Waals surface area contributed by atoms with Gasteiger partial charge in [0, 0.05) is 39.7 Å². The Kier molecular flexibility index (Phi) is 30.9. The monoisotopic (exact) mass is 1770 g/mol. The summed E-state index contributed by atoms with van der Waals surface area (Å²) in [6.07, 6.45) is -28.9. The summed E-state index contributed by atoms with van der Waals surface area (Å²) in [5.41, 5.74) is 16.7. The minimum Gasteiger partial charge on any atom is -0.454 e. The summed E-state index contributed by atoms with van der Waals surface area (Å²) in [7, 11) is 0. The van der Waals surface area contributed by atoms with Gasteiger partial charge in [0.15, 0.2) is 43.6 Å². The molecule has 0 unspecified atom stereocenters. The molecule has 0 saturated carbocycles. The average molecular weight is 1770 g/mol. The highest BCUT2D eigenvalue weighted by atomic mass is 16.8. The van der Waals surface area contributed by atoms with Crippen LogP contribution < -0.4 is 0 Å². The van der Waals surface area contributed by atoms with Gasteiger partial charge < -0.3 is 85.3 Å². The first-order valence-corrected chi connectivity index (χ1v) is 43.5. The molecule has 676 valence electrons. The van der Waals surface area contributed by atoms with E-state index in [1.807, 2.05) is 231 Å². The van der Waals surface area contributed by atoms with Crippen molar-refractivity contribution in [2.24, 2.45) is 5.11 Å². The summed E-state index contributed by atoms with van der Waals surface area (Å²) < 4.78 is 128. The van der Waals surface area contributed by atoms with Crippen LogP contribution in [0.5, 0.6) is 0 Å². The van der Waals surface area contributed by atoms with Crippen molar-refractivity contribution in [2.45, 2.75) is 210 Å². The van der Waals surface area contributed by atoms with Crippen LogP contribution in [0.25, 0.3) is 10.4 Å². The van der Waals surface area contributed by atoms with Crippen LogP contribution in [0.3, 0.4) is 0 Å². The van der Waals surface area contributed by atoms with Crippen molar-refractivity contribution in [1.82, 2.24) is 9.80 Å². The first-order valence-electron chi connectivity index (χ1n) is 43.5. The highest BCUT2D eigenvalue weighted by molar-refractivity contribution is 6.19. The highest BCUT2D eigenvalue weighted by Crippen LogP contribution is 2.46. The smallest absolute Gasteiger partial charge is 0.338 e. The molecule has 0 aromatic heterocycles. The Morgan fingerprint density at radius 2 is 0.708 bits per heavy atom. The molecule has 29 nitrogen and oxygen atoms in total. The van der Waals surface area contributed by atoms with Gasteiger partial charge in [0.1, 0.15) is 85.3 Å². The molecule has 21 atom stereocenters. The van der Waals surface area contributed by atoms with E-state index in [-0.39, 0.29) is 93.9 Å². The third kappa shape index (κ3) is 21.8. The molecule has 0 spiro atoms. The van der Waals surface area contributed by atoms with E-state index < -0.39 is 171 Å². The molecule has 130 heavy (non-hydrogen) atoms. The number of benzene rings is 9. The second-order valence-electron chi connectivity index (χ2n) is 32.7. The van der Waals surface area contributed by atoms with Gasteiger partial charge in [-0.2, -0.15) is 0 Å². The number of fused-ring (bicyclic) bond motifs is 1. The van der Waals surface area contributed by atoms with Crippen LogP contribution in [0.4, 0.5) is 0 Å². The van der Waals surface area contributed by atoms with E-state index in [2.05, 4.69) is 10.0 Å². The Bertz CT molecular complexity index is 5340. The van der Waals surface area contributed by atoms with Crippen molar-refractivity contribution in [2.75, 3.05) is 26.4 Å². The van der Waals surface area contributed by atoms with Crippen molar-refractivity contribution < 1.29 is 114 Å². The lowest BCUT2D eigenvalue weighted by atomic mass is 9.91. The van der Waals surface area contributed by atoms with E-state index in [1.165, 1.54) is 34.6 Å². The fourth-order valence-corrected chi connectivity index (χ4v) is 17.1. The third-order valence-corrected chi connectivity index (χ3v) is 24.0. The molecule has 7 heterocycles. The maximum atomic E-state index is 15.9. The second kappa shape index (κ2) is 43.8. The lowest BCUT2D eigenvalue weighted by molar-refractivity contribution is -0.408. The summed E-state index contributed by atoms with van der Waals surface area (Å²) in [6, 6.07) is 79.1. The number of rotatable bonds is 37. The highest BCUT2D eigenvalue weighted by Gasteiger charge is 2.63. The number of carbonyl (C=O) groups is 6. The van der Waals surface area contributed by atoms with Crippen LogP contribution in [0, 0.1) is 0 Å². The van der Waals surface area contributed by atoms with Gasteiger partial charge >= 0.3 is 11.9 Å². The van der Waals surface area contributed by atoms with Gasteiger partial charge in [0.2, 0.25) is 0 Å². The number of nitrogens with zero attached hydrogens (tertiary/aromatic N) is 5. The maximum Gasteiger partial charge on any atom is 0.338 e. The van der Waals surface area contributed by atoms with Gasteiger partial charge in [0.25, 0.3) is 23.6 Å². The molecular formula is C101H103N5O24. The number of carbonyl (C=O) groups excluding carboxylic acids is 6. The van der Waals surface area contributed by atoms with Crippen LogP contribution in [0.15, 0.2) is 300 Å². The van der Waals surface area contributed by atoms with E-state index in [1.54, 1.807) is 42.5 Å². The largest absolute Gasteiger partial charge is 0.454 e. The number of hydrogen-bond acceptors (Lipinski definition) is 25. The summed E-state index contributed by atoms with van der Waals surface area (Å²) in [4.78, 5) is 96.8. The van der Waals surface area contributed by atoms with Crippen molar-refractivity contribution in [3.63, 3.8) is 0 Å². The van der Waals surface area contributed by atoms with Crippen LogP contribution in [0.1, 0.15) is 95.8 Å². The van der Waals surface area contributed by atoms with Crippen molar-refractivity contribution in [1.29, 1.82) is 0 Å². The van der Waals surface area contributed by atoms with Crippen LogP contribution in [0.2, 0.25) is 0 Å². The zero-order valence-corrected chi connectivity index (χ0v) is 72.4. The molecule has 0 bridgehead atoms. The number of imide groups is 2. The van der Waals surface area contributed by atoms with Crippen LogP contribution in [-0.4, -0.2) is 194 Å². The van der Waals surface area contributed by atoms with E-state index in [0.29, 0.717) is 16.7 Å². The first-order chi connectivity index (χ1) is 63.5. The molecule has 9 aromatic rings. The molecule has 5 saturated heterocycles. The Balaban J connectivity index is 0.860. The minimum atomic E-state index is -1.92. The van der Waals surface area contributed by atoms with E-state index >= 15 is 14.4 Å². The van der Waals surface area contributed by atoms with E-state index in [9.17, 15) is 19.9 Å². The van der Waals surface area contributed by atoms with Gasteiger partial charge in [-0.3, -0.25) is 33.8 Å². The number of amides is 4. The number of azide groups is 1. The molecule has 29 heteroatoms. The quantitative estimate of drug-likeness (QED) is 0.0115. The number of ether oxygens (including phenoxy) is 18. The topological polar surface area (TPSA) is 324 Å². The lowest BCUT2D eigenvalue weighted by Crippen LogP contribution is -2.72. The Hall–Kier alpha value is -11.7. The molecule has 4 amide bonds. The molecule has 0 aliphatic carbocycles. The van der Waals surface area contributed by atoms with Crippen molar-refractivity contribution >= 4 is 35.6 Å². The number of hydrogen-bond donors (Lipinski definition) is 0. The molecule has 16 rings (SSSR count). The Morgan fingerprint density at radius 1 is 0.369 bits per heavy atom. The maximum absolute atomic E-state index is 15.9. The van der Waals surface area contributed by atoms with E-state index in [4.69, 9.17) is 85.3 Å². The molecule has 0 N–H and O–H groups in total. The summed E-state index contributed by atoms with van der Waals surface area (Å²) in [5, 5.41) is 4.15. The Morgan fingerprint density at radius 3 is 1.14 bits per heavy atom. The fraction of sp³-hybridized carbons (Fsp3) is 0.366. The predicted octanol–water partition coefficient (Wildman–Crippen LogP) is 13.8. The number of esters is 2. The lowest BCUT2D eigenvalue weighted by Gasteiger charge is -2.54. The SMILES string of the molecule is CC(=O)O[C@@H]1[C@@H](O[C@@H]2[C@H](OC(=O)c3ccccc3)[C@H](O[C@H]3[C@H](OCc4ccccc4)[C@@H](N4C(=O)C(C)=C(C)C4=O)[C@H](O[C@H]4[C@H](OCc5ccccc5)[C@@H](N5C(=O)C(C)=C(C)C5=O)[C@H](N=[N+]=[N-])O[C@@H]4COCc4ccccc4)O[C@@H]3COCc3ccccc3)O[C@@H]3CO[C@@H](c4ccccc4)O[C@@H]23)O[C@H](COCc2ccccc2)[C@@H](OCc2ccccc2)[C@@H]1OCc1ccccc1. The molecule has 9 aromatic carbocycles. The second-order valence-corrected chi connectivity index (χ2v) is 32.7. The summed E-state index contributed by atoms with van der Waals surface area (Å²) in [6.45, 7) is 5.70. The van der Waals surface area contributed by atoms with Crippen molar-refractivity contribution in [3.8, 4) is 0 Å². The third-order valence-electron chi connectivity index (χ3n) is 24.0. The fourth-order valence-electron chi connectivity index (χ4n) is 17.1. The van der Waals surface area contributed by atoms with Crippen LogP contribution >= 0.6 is 0 Å². The van der Waals surface area contributed by atoms with Gasteiger partial charge in [0.05, 0.1) is 78.2 Å². The van der Waals surface area contributed by atoms with Crippen LogP contribution in [-0.2, 0) is 155 Å². The predicted molar refractivity (Wildman–Crippen MR) is 466 cm³/mol. The normalized spacial score (nSPS) is 28.1. The van der Waals surface area contributed by atoms with Gasteiger partial charge in [-0.15, -0.1) is 0 Å². The molecule has 5 fully saturated rings. The van der Waals surface area contributed by atoms with Gasteiger partial charge in [-0.25, -0.2) is 4.79 Å². The van der Waals surface area contributed by atoms with E-state index in [0.717, 1.165) is 37.6 Å². The van der Waals surface area contributed by atoms with Gasteiger partial charge in [-0.05, 0) is 84.3 Å². The summed E-state index contributed by atoms with van der Waals surface area (Å²) in [5.74, 6) is -4.72. The zero-order chi connectivity index (χ0) is 90.0. The first kappa shape index (κ1) is 91.7. The molecular weight excluding hydrogens is 1670 g/mol.